The van der Waals surface area contributed by atoms with Gasteiger partial charge in [-0.1, -0.05) is 24.3 Å². The summed E-state index contributed by atoms with van der Waals surface area (Å²) in [6, 6.07) is 16.0. The topological polar surface area (TPSA) is 85.3 Å². The molecule has 0 spiro atoms. The van der Waals surface area contributed by atoms with E-state index < -0.39 is 23.5 Å². The van der Waals surface area contributed by atoms with Crippen molar-refractivity contribution in [3.05, 3.63) is 89.2 Å². The lowest BCUT2D eigenvalue weighted by atomic mass is 9.94. The normalized spacial score (nSPS) is 18.8. The summed E-state index contributed by atoms with van der Waals surface area (Å²) in [4.78, 5) is 27.6. The molecule has 5 rings (SSSR count). The Kier molecular flexibility index (Phi) is 5.41. The first-order chi connectivity index (χ1) is 16.5. The molecule has 1 atom stereocenters. The zero-order chi connectivity index (χ0) is 23.8. The number of anilines is 1. The molecular formula is C26H20FNO6. The third-order valence-electron chi connectivity index (χ3n) is 5.78. The van der Waals surface area contributed by atoms with Crippen molar-refractivity contribution < 1.29 is 33.3 Å². The monoisotopic (exact) mass is 461 g/mol. The number of aliphatic hydroxyl groups is 1. The van der Waals surface area contributed by atoms with Crippen LogP contribution in [-0.4, -0.2) is 37.1 Å². The fourth-order valence-corrected chi connectivity index (χ4v) is 4.26. The van der Waals surface area contributed by atoms with Crippen LogP contribution < -0.4 is 19.1 Å². The standard InChI is InChI=1S/C26H20FNO6/c1-32-19-8-3-2-7-18(19)23-22(24(29)15-9-10-20-21(13-15)34-12-11-33-20)25(30)26(31)28(23)17-6-4-5-16(27)14-17/h2-10,13-14,23,29H,11-12H2,1H3/b24-22+. The van der Waals surface area contributed by atoms with Crippen molar-refractivity contribution in [2.45, 2.75) is 6.04 Å². The van der Waals surface area contributed by atoms with Crippen LogP contribution in [0.5, 0.6) is 17.2 Å². The average molecular weight is 461 g/mol. The summed E-state index contributed by atoms with van der Waals surface area (Å²) in [5, 5.41) is 11.3. The minimum absolute atomic E-state index is 0.143. The molecule has 1 fully saturated rings. The van der Waals surface area contributed by atoms with Gasteiger partial charge in [-0.25, -0.2) is 4.39 Å². The average Bonchev–Trinajstić information content (AvgIpc) is 3.13. The predicted octanol–water partition coefficient (Wildman–Crippen LogP) is 4.23. The molecule has 172 valence electrons. The van der Waals surface area contributed by atoms with Crippen molar-refractivity contribution in [1.29, 1.82) is 0 Å². The number of rotatable bonds is 4. The molecule has 1 unspecified atom stereocenters. The number of amides is 1. The van der Waals surface area contributed by atoms with E-state index in [2.05, 4.69) is 0 Å². The number of para-hydroxylation sites is 1. The van der Waals surface area contributed by atoms with Crippen LogP contribution >= 0.6 is 0 Å². The second-order valence-electron chi connectivity index (χ2n) is 7.75. The van der Waals surface area contributed by atoms with Gasteiger partial charge in [0.25, 0.3) is 11.7 Å². The Morgan fingerprint density at radius 2 is 1.76 bits per heavy atom. The third kappa shape index (κ3) is 3.53. The van der Waals surface area contributed by atoms with Gasteiger partial charge >= 0.3 is 0 Å². The van der Waals surface area contributed by atoms with Crippen LogP contribution in [0, 0.1) is 5.82 Å². The number of fused-ring (bicyclic) bond motifs is 1. The van der Waals surface area contributed by atoms with Crippen molar-refractivity contribution >= 4 is 23.1 Å². The lowest BCUT2D eigenvalue weighted by Crippen LogP contribution is -2.29. The highest BCUT2D eigenvalue weighted by Crippen LogP contribution is 2.45. The van der Waals surface area contributed by atoms with Crippen molar-refractivity contribution in [1.82, 2.24) is 0 Å². The van der Waals surface area contributed by atoms with E-state index in [0.717, 1.165) is 6.07 Å². The van der Waals surface area contributed by atoms with E-state index >= 15 is 0 Å². The first-order valence-corrected chi connectivity index (χ1v) is 10.6. The van der Waals surface area contributed by atoms with Crippen LogP contribution in [0.1, 0.15) is 17.2 Å². The van der Waals surface area contributed by atoms with Gasteiger partial charge in [0.05, 0.1) is 18.7 Å². The number of benzene rings is 3. The summed E-state index contributed by atoms with van der Waals surface area (Å²) < 4.78 is 30.7. The van der Waals surface area contributed by atoms with Gasteiger partial charge in [0, 0.05) is 16.8 Å². The number of methoxy groups -OCH3 is 1. The molecule has 8 heteroatoms. The molecule has 0 saturated carbocycles. The molecule has 2 aliphatic heterocycles. The maximum atomic E-state index is 14.1. The number of carbonyl (C=O) groups excluding carboxylic acids is 2. The minimum Gasteiger partial charge on any atom is -0.507 e. The van der Waals surface area contributed by atoms with Crippen LogP contribution in [0.4, 0.5) is 10.1 Å². The Balaban J connectivity index is 1.73. The van der Waals surface area contributed by atoms with E-state index in [1.807, 2.05) is 0 Å². The summed E-state index contributed by atoms with van der Waals surface area (Å²) in [5.74, 6) is -1.39. The van der Waals surface area contributed by atoms with Crippen molar-refractivity contribution in [3.63, 3.8) is 0 Å². The summed E-state index contributed by atoms with van der Waals surface area (Å²) >= 11 is 0. The number of aliphatic hydroxyl groups excluding tert-OH is 1. The van der Waals surface area contributed by atoms with Gasteiger partial charge in [-0.15, -0.1) is 0 Å². The number of ketones is 1. The zero-order valence-corrected chi connectivity index (χ0v) is 18.2. The maximum absolute atomic E-state index is 14.1. The number of hydrogen-bond donors (Lipinski definition) is 1. The largest absolute Gasteiger partial charge is 0.507 e. The Labute approximate surface area is 194 Å². The van der Waals surface area contributed by atoms with Gasteiger partial charge in [-0.3, -0.25) is 14.5 Å². The predicted molar refractivity (Wildman–Crippen MR) is 122 cm³/mol. The molecule has 1 amide bonds. The van der Waals surface area contributed by atoms with Crippen molar-refractivity contribution in [2.24, 2.45) is 0 Å². The number of hydrogen-bond acceptors (Lipinski definition) is 6. The minimum atomic E-state index is -1.05. The van der Waals surface area contributed by atoms with E-state index in [4.69, 9.17) is 14.2 Å². The van der Waals surface area contributed by atoms with Crippen molar-refractivity contribution in [2.75, 3.05) is 25.2 Å². The molecule has 3 aromatic rings. The lowest BCUT2D eigenvalue weighted by molar-refractivity contribution is -0.132. The molecule has 7 nitrogen and oxygen atoms in total. The fraction of sp³-hybridized carbons (Fsp3) is 0.154. The highest BCUT2D eigenvalue weighted by atomic mass is 19.1. The van der Waals surface area contributed by atoms with Crippen LogP contribution in [0.25, 0.3) is 5.76 Å². The third-order valence-corrected chi connectivity index (χ3v) is 5.78. The Morgan fingerprint density at radius 3 is 2.53 bits per heavy atom. The Bertz CT molecular complexity index is 1330. The number of halogens is 1. The number of Topliss-reactive ketones (excluding diaryl/α,β-unsaturated/α-hetero) is 1. The van der Waals surface area contributed by atoms with Gasteiger partial charge in [0.1, 0.15) is 30.5 Å². The van der Waals surface area contributed by atoms with E-state index in [1.54, 1.807) is 42.5 Å². The van der Waals surface area contributed by atoms with E-state index in [9.17, 15) is 19.1 Å². The SMILES string of the molecule is COc1ccccc1C1/C(=C(\O)c2ccc3c(c2)OCCO3)C(=O)C(=O)N1c1cccc(F)c1. The summed E-state index contributed by atoms with van der Waals surface area (Å²) in [6.45, 7) is 0.757. The van der Waals surface area contributed by atoms with Gasteiger partial charge in [-0.2, -0.15) is 0 Å². The molecule has 0 radical (unpaired) electrons. The van der Waals surface area contributed by atoms with Crippen molar-refractivity contribution in [3.8, 4) is 17.2 Å². The highest BCUT2D eigenvalue weighted by molar-refractivity contribution is 6.51. The van der Waals surface area contributed by atoms with Gasteiger partial charge in [-0.05, 0) is 42.5 Å². The van der Waals surface area contributed by atoms with Gasteiger partial charge < -0.3 is 19.3 Å². The smallest absolute Gasteiger partial charge is 0.300 e. The lowest BCUT2D eigenvalue weighted by Gasteiger charge is -2.26. The van der Waals surface area contributed by atoms with Crippen LogP contribution in [0.3, 0.4) is 0 Å². The molecule has 0 aromatic heterocycles. The zero-order valence-electron chi connectivity index (χ0n) is 18.2. The van der Waals surface area contributed by atoms with Crippen LogP contribution in [-0.2, 0) is 9.59 Å². The molecule has 2 heterocycles. The van der Waals surface area contributed by atoms with Crippen LogP contribution in [0.2, 0.25) is 0 Å². The van der Waals surface area contributed by atoms with E-state index in [1.165, 1.54) is 30.2 Å². The molecule has 1 N–H and O–H groups in total. The quantitative estimate of drug-likeness (QED) is 0.356. The number of carbonyl (C=O) groups is 2. The summed E-state index contributed by atoms with van der Waals surface area (Å²) in [5.41, 5.74) is 0.781. The first kappa shape index (κ1) is 21.5. The number of nitrogens with zero attached hydrogens (tertiary/aromatic N) is 1. The van der Waals surface area contributed by atoms with Gasteiger partial charge in [0.15, 0.2) is 11.5 Å². The van der Waals surface area contributed by atoms with E-state index in [0.29, 0.717) is 36.0 Å². The van der Waals surface area contributed by atoms with Gasteiger partial charge in [0.2, 0.25) is 0 Å². The summed E-state index contributed by atoms with van der Waals surface area (Å²) in [7, 11) is 1.47. The summed E-state index contributed by atoms with van der Waals surface area (Å²) in [6.07, 6.45) is 0. The maximum Gasteiger partial charge on any atom is 0.300 e. The molecule has 34 heavy (non-hydrogen) atoms. The molecule has 2 aliphatic rings. The molecule has 1 saturated heterocycles. The second kappa shape index (κ2) is 8.55. The first-order valence-electron chi connectivity index (χ1n) is 10.6. The molecular weight excluding hydrogens is 441 g/mol. The van der Waals surface area contributed by atoms with E-state index in [-0.39, 0.29) is 22.6 Å². The highest BCUT2D eigenvalue weighted by Gasteiger charge is 2.48. The Hall–Kier alpha value is -4.33. The Morgan fingerprint density at radius 1 is 1.00 bits per heavy atom. The molecule has 0 aliphatic carbocycles. The van der Waals surface area contributed by atoms with Crippen LogP contribution in [0.15, 0.2) is 72.3 Å². The molecule has 3 aromatic carbocycles. The second-order valence-corrected chi connectivity index (χ2v) is 7.75. The number of ether oxygens (including phenoxy) is 3. The fourth-order valence-electron chi connectivity index (χ4n) is 4.26. The molecule has 0 bridgehead atoms.